The predicted molar refractivity (Wildman–Crippen MR) is 56.6 cm³/mol. The summed E-state index contributed by atoms with van der Waals surface area (Å²) in [7, 11) is -3.22. The van der Waals surface area contributed by atoms with Crippen molar-refractivity contribution in [2.45, 2.75) is 45.4 Å². The quantitative estimate of drug-likeness (QED) is 0.668. The third-order valence-corrected chi connectivity index (χ3v) is 4.10. The van der Waals surface area contributed by atoms with Crippen molar-refractivity contribution in [2.24, 2.45) is 5.92 Å². The van der Waals surface area contributed by atoms with Crippen LogP contribution in [-0.4, -0.2) is 20.8 Å². The molecule has 84 valence electrons. The van der Waals surface area contributed by atoms with Crippen LogP contribution in [0.4, 0.5) is 0 Å². The Morgan fingerprint density at radius 3 is 2.43 bits per heavy atom. The SMILES string of the molecule is CCS(=O)(=O)OCCC1CCCCC1. The molecule has 0 atom stereocenters. The largest absolute Gasteiger partial charge is 0.270 e. The molecule has 1 fully saturated rings. The van der Waals surface area contributed by atoms with E-state index >= 15 is 0 Å². The molecule has 3 nitrogen and oxygen atoms in total. The zero-order chi connectivity index (χ0) is 10.4. The fourth-order valence-electron chi connectivity index (χ4n) is 1.90. The van der Waals surface area contributed by atoms with Crippen molar-refractivity contribution >= 4 is 10.1 Å². The summed E-state index contributed by atoms with van der Waals surface area (Å²) in [5.41, 5.74) is 0. The third-order valence-electron chi connectivity index (χ3n) is 2.87. The Balaban J connectivity index is 2.14. The summed E-state index contributed by atoms with van der Waals surface area (Å²) >= 11 is 0. The van der Waals surface area contributed by atoms with Crippen molar-refractivity contribution in [3.63, 3.8) is 0 Å². The highest BCUT2D eigenvalue weighted by Gasteiger charge is 2.14. The van der Waals surface area contributed by atoms with Crippen molar-refractivity contribution in [3.8, 4) is 0 Å². The molecule has 0 aliphatic heterocycles. The fraction of sp³-hybridized carbons (Fsp3) is 1.00. The van der Waals surface area contributed by atoms with Crippen LogP contribution in [0.25, 0.3) is 0 Å². The molecule has 0 heterocycles. The number of hydrogen-bond donors (Lipinski definition) is 0. The van der Waals surface area contributed by atoms with Crippen LogP contribution in [0.15, 0.2) is 0 Å². The van der Waals surface area contributed by atoms with Gasteiger partial charge in [0.2, 0.25) is 0 Å². The van der Waals surface area contributed by atoms with E-state index in [-0.39, 0.29) is 5.75 Å². The fourth-order valence-corrected chi connectivity index (χ4v) is 2.42. The molecule has 0 saturated heterocycles. The lowest BCUT2D eigenvalue weighted by molar-refractivity contribution is 0.250. The van der Waals surface area contributed by atoms with Crippen molar-refractivity contribution < 1.29 is 12.6 Å². The van der Waals surface area contributed by atoms with Crippen LogP contribution in [0.1, 0.15) is 45.4 Å². The summed E-state index contributed by atoms with van der Waals surface area (Å²) in [6.45, 7) is 1.98. The normalized spacial score (nSPS) is 19.8. The lowest BCUT2D eigenvalue weighted by atomic mass is 9.87. The van der Waals surface area contributed by atoms with E-state index in [2.05, 4.69) is 0 Å². The molecule has 0 aromatic rings. The zero-order valence-electron chi connectivity index (χ0n) is 8.87. The second-order valence-electron chi connectivity index (χ2n) is 3.96. The second-order valence-corrected chi connectivity index (χ2v) is 5.89. The van der Waals surface area contributed by atoms with E-state index in [0.29, 0.717) is 12.5 Å². The molecule has 0 aromatic heterocycles. The minimum absolute atomic E-state index is 0.0810. The molecule has 0 N–H and O–H groups in total. The van der Waals surface area contributed by atoms with E-state index in [1.54, 1.807) is 6.92 Å². The summed E-state index contributed by atoms with van der Waals surface area (Å²) < 4.78 is 26.9. The average Bonchev–Trinajstić information content (AvgIpc) is 2.19. The summed E-state index contributed by atoms with van der Waals surface area (Å²) in [5.74, 6) is 0.772. The zero-order valence-corrected chi connectivity index (χ0v) is 9.68. The van der Waals surface area contributed by atoms with Crippen LogP contribution < -0.4 is 0 Å². The highest BCUT2D eigenvalue weighted by molar-refractivity contribution is 7.86. The van der Waals surface area contributed by atoms with Gasteiger partial charge in [-0.1, -0.05) is 32.1 Å². The Hall–Kier alpha value is -0.0900. The Morgan fingerprint density at radius 2 is 1.86 bits per heavy atom. The molecule has 0 spiro atoms. The van der Waals surface area contributed by atoms with Crippen molar-refractivity contribution in [1.82, 2.24) is 0 Å². The predicted octanol–water partition coefficient (Wildman–Crippen LogP) is 2.32. The molecular weight excluding hydrogens is 200 g/mol. The van der Waals surface area contributed by atoms with Crippen LogP contribution in [0.3, 0.4) is 0 Å². The molecule has 0 bridgehead atoms. The van der Waals surface area contributed by atoms with Gasteiger partial charge in [0.15, 0.2) is 0 Å². The van der Waals surface area contributed by atoms with Gasteiger partial charge in [-0.3, -0.25) is 4.18 Å². The van der Waals surface area contributed by atoms with Gasteiger partial charge in [-0.25, -0.2) is 0 Å². The number of hydrogen-bond acceptors (Lipinski definition) is 3. The summed E-state index contributed by atoms with van der Waals surface area (Å²) in [4.78, 5) is 0. The summed E-state index contributed by atoms with van der Waals surface area (Å²) in [5, 5.41) is 0. The first-order valence-corrected chi connectivity index (χ1v) is 7.09. The lowest BCUT2D eigenvalue weighted by Crippen LogP contribution is -2.13. The molecule has 1 saturated carbocycles. The topological polar surface area (TPSA) is 43.4 Å². The molecular formula is C10H20O3S. The monoisotopic (exact) mass is 220 g/mol. The molecule has 0 radical (unpaired) electrons. The van der Waals surface area contributed by atoms with Gasteiger partial charge >= 0.3 is 0 Å². The van der Waals surface area contributed by atoms with Gasteiger partial charge in [0, 0.05) is 0 Å². The first-order valence-electron chi connectivity index (χ1n) is 5.51. The standard InChI is InChI=1S/C10H20O3S/c1-2-14(11,12)13-9-8-10-6-4-3-5-7-10/h10H,2-9H2,1H3. The molecule has 0 amide bonds. The minimum Gasteiger partial charge on any atom is -0.270 e. The van der Waals surface area contributed by atoms with Gasteiger partial charge in [0.25, 0.3) is 10.1 Å². The Kier molecular flexibility index (Phi) is 4.89. The maximum atomic E-state index is 11.0. The molecule has 14 heavy (non-hydrogen) atoms. The van der Waals surface area contributed by atoms with E-state index in [9.17, 15) is 8.42 Å². The van der Waals surface area contributed by atoms with Crippen LogP contribution in [0.2, 0.25) is 0 Å². The first-order chi connectivity index (χ1) is 6.64. The minimum atomic E-state index is -3.22. The molecule has 0 unspecified atom stereocenters. The maximum absolute atomic E-state index is 11.0. The second kappa shape index (κ2) is 5.71. The smallest absolute Gasteiger partial charge is 0.267 e. The molecule has 4 heteroatoms. The Bertz CT molecular complexity index is 240. The van der Waals surface area contributed by atoms with Crippen LogP contribution in [0.5, 0.6) is 0 Å². The van der Waals surface area contributed by atoms with Crippen molar-refractivity contribution in [2.75, 3.05) is 12.4 Å². The van der Waals surface area contributed by atoms with E-state index in [0.717, 1.165) is 6.42 Å². The number of rotatable bonds is 5. The van der Waals surface area contributed by atoms with E-state index < -0.39 is 10.1 Å². The molecule has 0 aromatic carbocycles. The Labute approximate surface area is 87.0 Å². The van der Waals surface area contributed by atoms with Gasteiger partial charge in [0.1, 0.15) is 0 Å². The van der Waals surface area contributed by atoms with E-state index in [4.69, 9.17) is 4.18 Å². The van der Waals surface area contributed by atoms with Gasteiger partial charge in [-0.15, -0.1) is 0 Å². The van der Waals surface area contributed by atoms with Gasteiger partial charge in [-0.2, -0.15) is 8.42 Å². The Morgan fingerprint density at radius 1 is 1.21 bits per heavy atom. The lowest BCUT2D eigenvalue weighted by Gasteiger charge is -2.20. The molecule has 1 aliphatic carbocycles. The van der Waals surface area contributed by atoms with Crippen molar-refractivity contribution in [3.05, 3.63) is 0 Å². The van der Waals surface area contributed by atoms with E-state index in [1.165, 1.54) is 32.1 Å². The van der Waals surface area contributed by atoms with Crippen LogP contribution in [0, 0.1) is 5.92 Å². The molecule has 1 aliphatic rings. The highest BCUT2D eigenvalue weighted by atomic mass is 32.2. The maximum Gasteiger partial charge on any atom is 0.267 e. The van der Waals surface area contributed by atoms with Crippen LogP contribution >= 0.6 is 0 Å². The van der Waals surface area contributed by atoms with E-state index in [1.807, 2.05) is 0 Å². The van der Waals surface area contributed by atoms with Gasteiger partial charge in [-0.05, 0) is 19.3 Å². The highest BCUT2D eigenvalue weighted by Crippen LogP contribution is 2.26. The van der Waals surface area contributed by atoms with Gasteiger partial charge in [0.05, 0.1) is 12.4 Å². The summed E-state index contributed by atoms with van der Waals surface area (Å²) in [6.07, 6.45) is 7.32. The van der Waals surface area contributed by atoms with Crippen LogP contribution in [-0.2, 0) is 14.3 Å². The average molecular weight is 220 g/mol. The third kappa shape index (κ3) is 4.42. The van der Waals surface area contributed by atoms with Gasteiger partial charge < -0.3 is 0 Å². The summed E-state index contributed by atoms with van der Waals surface area (Å²) in [6, 6.07) is 0. The first kappa shape index (κ1) is 12.0. The van der Waals surface area contributed by atoms with Crippen molar-refractivity contribution in [1.29, 1.82) is 0 Å². The molecule has 1 rings (SSSR count).